The lowest BCUT2D eigenvalue weighted by Crippen LogP contribution is -1.99. The summed E-state index contributed by atoms with van der Waals surface area (Å²) in [5.74, 6) is 0. The van der Waals surface area contributed by atoms with Gasteiger partial charge in [-0.3, -0.25) is 4.98 Å². The molecule has 0 aromatic carbocycles. The van der Waals surface area contributed by atoms with Gasteiger partial charge in [0.25, 0.3) is 0 Å². The van der Waals surface area contributed by atoms with Crippen molar-refractivity contribution in [1.29, 1.82) is 0 Å². The van der Waals surface area contributed by atoms with Crippen molar-refractivity contribution in [2.24, 2.45) is 0 Å². The molecule has 2 aromatic heterocycles. The van der Waals surface area contributed by atoms with Crippen LogP contribution in [0.25, 0.3) is 0 Å². The molecule has 0 spiro atoms. The lowest BCUT2D eigenvalue weighted by Gasteiger charge is -2.00. The van der Waals surface area contributed by atoms with Crippen LogP contribution in [0.15, 0.2) is 36.8 Å². The van der Waals surface area contributed by atoms with Crippen molar-refractivity contribution in [2.45, 2.75) is 6.54 Å². The van der Waals surface area contributed by atoms with Gasteiger partial charge in [0.05, 0.1) is 12.2 Å². The van der Waals surface area contributed by atoms with Crippen molar-refractivity contribution in [3.05, 3.63) is 47.3 Å². The first-order chi connectivity index (χ1) is 6.36. The minimum Gasteiger partial charge on any atom is -0.337 e. The maximum absolute atomic E-state index is 5.06. The molecule has 2 heterocycles. The molecule has 3 nitrogen and oxygen atoms in total. The van der Waals surface area contributed by atoms with Crippen molar-refractivity contribution in [2.75, 3.05) is 0 Å². The number of aromatic amines is 1. The second kappa shape index (κ2) is 3.53. The summed E-state index contributed by atoms with van der Waals surface area (Å²) in [7, 11) is 0. The van der Waals surface area contributed by atoms with Gasteiger partial charge in [-0.05, 0) is 24.4 Å². The highest BCUT2D eigenvalue weighted by Crippen LogP contribution is 1.98. The second-order valence-corrected chi connectivity index (χ2v) is 3.10. The molecular formula is C9H9N3S. The molecule has 1 N–H and O–H groups in total. The van der Waals surface area contributed by atoms with Crippen molar-refractivity contribution >= 4 is 12.2 Å². The summed E-state index contributed by atoms with van der Waals surface area (Å²) in [6.45, 7) is 0.725. The number of rotatable bonds is 2. The summed E-state index contributed by atoms with van der Waals surface area (Å²) in [6, 6.07) is 5.85. The Balaban J connectivity index is 2.25. The molecule has 0 saturated carbocycles. The number of nitrogens with zero attached hydrogens (tertiary/aromatic N) is 2. The van der Waals surface area contributed by atoms with Gasteiger partial charge in [-0.25, -0.2) is 0 Å². The van der Waals surface area contributed by atoms with Crippen LogP contribution in [0.4, 0.5) is 0 Å². The van der Waals surface area contributed by atoms with E-state index in [1.807, 2.05) is 35.2 Å². The first-order valence-corrected chi connectivity index (χ1v) is 4.41. The smallest absolute Gasteiger partial charge is 0.177 e. The highest BCUT2D eigenvalue weighted by atomic mass is 32.1. The average Bonchev–Trinajstić information content (AvgIpc) is 2.54. The average molecular weight is 191 g/mol. The zero-order chi connectivity index (χ0) is 9.10. The van der Waals surface area contributed by atoms with Crippen LogP contribution < -0.4 is 0 Å². The van der Waals surface area contributed by atoms with E-state index in [4.69, 9.17) is 12.2 Å². The minimum absolute atomic E-state index is 0.725. The Labute approximate surface area is 81.1 Å². The molecule has 0 bridgehead atoms. The van der Waals surface area contributed by atoms with Gasteiger partial charge in [-0.15, -0.1) is 0 Å². The monoisotopic (exact) mass is 191 g/mol. The Hall–Kier alpha value is -1.42. The third-order valence-electron chi connectivity index (χ3n) is 1.78. The van der Waals surface area contributed by atoms with E-state index in [1.54, 1.807) is 6.20 Å². The second-order valence-electron chi connectivity index (χ2n) is 2.71. The number of H-pyrrole nitrogens is 1. The van der Waals surface area contributed by atoms with Gasteiger partial charge in [-0.2, -0.15) is 0 Å². The number of nitrogens with one attached hydrogen (secondary N) is 1. The Morgan fingerprint density at radius 1 is 1.46 bits per heavy atom. The highest BCUT2D eigenvalue weighted by molar-refractivity contribution is 7.71. The van der Waals surface area contributed by atoms with E-state index < -0.39 is 0 Å². The zero-order valence-electron chi connectivity index (χ0n) is 6.97. The third kappa shape index (κ3) is 1.84. The van der Waals surface area contributed by atoms with Gasteiger partial charge >= 0.3 is 0 Å². The molecule has 0 unspecified atom stereocenters. The van der Waals surface area contributed by atoms with Crippen molar-refractivity contribution in [3.63, 3.8) is 0 Å². The SMILES string of the molecule is S=c1[nH]ccn1Cc1ccccn1. The highest BCUT2D eigenvalue weighted by Gasteiger charge is 1.95. The molecule has 0 aliphatic carbocycles. The minimum atomic E-state index is 0.725. The fraction of sp³-hybridized carbons (Fsp3) is 0.111. The van der Waals surface area contributed by atoms with Crippen LogP contribution in [0.1, 0.15) is 5.69 Å². The lowest BCUT2D eigenvalue weighted by molar-refractivity contribution is 0.761. The summed E-state index contributed by atoms with van der Waals surface area (Å²) in [5.41, 5.74) is 1.01. The van der Waals surface area contributed by atoms with Gasteiger partial charge in [0, 0.05) is 18.6 Å². The zero-order valence-corrected chi connectivity index (χ0v) is 7.79. The number of hydrogen-bond acceptors (Lipinski definition) is 2. The van der Waals surface area contributed by atoms with E-state index in [0.717, 1.165) is 17.0 Å². The summed E-state index contributed by atoms with van der Waals surface area (Å²) in [4.78, 5) is 7.15. The Morgan fingerprint density at radius 3 is 3.00 bits per heavy atom. The molecule has 0 aliphatic rings. The quantitative estimate of drug-likeness (QED) is 0.736. The number of pyridine rings is 1. The molecule has 0 atom stereocenters. The predicted octanol–water partition coefficient (Wildman–Crippen LogP) is 1.99. The van der Waals surface area contributed by atoms with Crippen molar-refractivity contribution < 1.29 is 0 Å². The lowest BCUT2D eigenvalue weighted by atomic mass is 10.3. The molecule has 0 fully saturated rings. The number of imidazole rings is 1. The normalized spacial score (nSPS) is 10.2. The van der Waals surface area contributed by atoms with Crippen LogP contribution in [0.3, 0.4) is 0 Å². The Bertz CT molecular complexity index is 429. The van der Waals surface area contributed by atoms with Gasteiger partial charge in [0.15, 0.2) is 4.77 Å². The standard InChI is InChI=1S/C9H9N3S/c13-9-11-5-6-12(9)7-8-3-1-2-4-10-8/h1-6H,7H2,(H,11,13). The first-order valence-electron chi connectivity index (χ1n) is 4.00. The fourth-order valence-electron chi connectivity index (χ4n) is 1.14. The molecule has 0 aliphatic heterocycles. The summed E-state index contributed by atoms with van der Waals surface area (Å²) in [6.07, 6.45) is 5.52. The molecular weight excluding hydrogens is 182 g/mol. The Morgan fingerprint density at radius 2 is 2.38 bits per heavy atom. The van der Waals surface area contributed by atoms with Crippen LogP contribution in [0.5, 0.6) is 0 Å². The van der Waals surface area contributed by atoms with Gasteiger partial charge in [-0.1, -0.05) is 6.07 Å². The molecule has 13 heavy (non-hydrogen) atoms. The molecule has 66 valence electrons. The van der Waals surface area contributed by atoms with Crippen molar-refractivity contribution in [3.8, 4) is 0 Å². The number of aromatic nitrogens is 3. The molecule has 2 aromatic rings. The topological polar surface area (TPSA) is 33.6 Å². The molecule has 4 heteroatoms. The van der Waals surface area contributed by atoms with Crippen LogP contribution in [-0.2, 0) is 6.54 Å². The third-order valence-corrected chi connectivity index (χ3v) is 2.13. The van der Waals surface area contributed by atoms with Gasteiger partial charge in [0.2, 0.25) is 0 Å². The first kappa shape index (κ1) is 8.19. The van der Waals surface area contributed by atoms with E-state index in [2.05, 4.69) is 9.97 Å². The van der Waals surface area contributed by atoms with Crippen LogP contribution >= 0.6 is 12.2 Å². The molecule has 0 amide bonds. The van der Waals surface area contributed by atoms with Crippen LogP contribution in [-0.4, -0.2) is 14.5 Å². The van der Waals surface area contributed by atoms with E-state index in [0.29, 0.717) is 0 Å². The van der Waals surface area contributed by atoms with E-state index in [1.165, 1.54) is 0 Å². The van der Waals surface area contributed by atoms with Crippen LogP contribution in [0.2, 0.25) is 0 Å². The van der Waals surface area contributed by atoms with Gasteiger partial charge < -0.3 is 9.55 Å². The van der Waals surface area contributed by atoms with E-state index >= 15 is 0 Å². The maximum atomic E-state index is 5.06. The fourth-order valence-corrected chi connectivity index (χ4v) is 1.33. The predicted molar refractivity (Wildman–Crippen MR) is 53.0 cm³/mol. The summed E-state index contributed by atoms with van der Waals surface area (Å²) in [5, 5.41) is 0. The van der Waals surface area contributed by atoms with Crippen molar-refractivity contribution in [1.82, 2.24) is 14.5 Å². The summed E-state index contributed by atoms with van der Waals surface area (Å²) >= 11 is 5.06. The van der Waals surface area contributed by atoms with E-state index in [9.17, 15) is 0 Å². The van der Waals surface area contributed by atoms with Crippen LogP contribution in [0, 0.1) is 4.77 Å². The maximum Gasteiger partial charge on any atom is 0.177 e. The largest absolute Gasteiger partial charge is 0.337 e. The molecule has 0 radical (unpaired) electrons. The number of hydrogen-bond donors (Lipinski definition) is 1. The Kier molecular flexibility index (Phi) is 2.23. The molecule has 2 rings (SSSR count). The van der Waals surface area contributed by atoms with Gasteiger partial charge in [0.1, 0.15) is 0 Å². The molecule has 0 saturated heterocycles. The summed E-state index contributed by atoms with van der Waals surface area (Å²) < 4.78 is 2.67. The van der Waals surface area contributed by atoms with E-state index in [-0.39, 0.29) is 0 Å².